The first-order valence-electron chi connectivity index (χ1n) is 15.0. The van der Waals surface area contributed by atoms with Gasteiger partial charge < -0.3 is 9.84 Å². The number of rotatable bonds is 5. The lowest BCUT2D eigenvalue weighted by Crippen LogP contribution is -2.49. The molecular formula is C36H30Br2N2O6. The highest BCUT2D eigenvalue weighted by Gasteiger charge is 2.68. The van der Waals surface area contributed by atoms with E-state index < -0.39 is 35.0 Å². The third-order valence-electron chi connectivity index (χ3n) is 10.4. The van der Waals surface area contributed by atoms with Crippen LogP contribution in [0.1, 0.15) is 36.8 Å². The molecule has 2 aliphatic heterocycles. The molecule has 4 aliphatic rings. The van der Waals surface area contributed by atoms with Gasteiger partial charge in [0.15, 0.2) is 11.5 Å². The Morgan fingerprint density at radius 3 is 2.24 bits per heavy atom. The maximum atomic E-state index is 14.6. The Hall–Kier alpha value is -4.02. The number of phenolic OH excluding ortho intramolecular Hbond substituents is 1. The average molecular weight is 746 g/mol. The molecule has 234 valence electrons. The number of imide groups is 2. The Bertz CT molecular complexity index is 1870. The molecule has 2 aliphatic carbocycles. The van der Waals surface area contributed by atoms with Gasteiger partial charge in [-0.3, -0.25) is 24.1 Å². The van der Waals surface area contributed by atoms with E-state index in [1.807, 2.05) is 31.2 Å². The second kappa shape index (κ2) is 11.1. The third kappa shape index (κ3) is 4.15. The van der Waals surface area contributed by atoms with Crippen molar-refractivity contribution < 1.29 is 29.0 Å². The maximum Gasteiger partial charge on any atom is 0.241 e. The molecule has 3 fully saturated rings. The summed E-state index contributed by atoms with van der Waals surface area (Å²) in [5, 5.41) is 10.8. The Kier molecular flexibility index (Phi) is 7.36. The first-order chi connectivity index (χ1) is 22.0. The van der Waals surface area contributed by atoms with Crippen LogP contribution in [0.3, 0.4) is 0 Å². The topological polar surface area (TPSA) is 104 Å². The molecule has 1 saturated carbocycles. The van der Waals surface area contributed by atoms with Crippen molar-refractivity contribution in [1.29, 1.82) is 0 Å². The van der Waals surface area contributed by atoms with Crippen molar-refractivity contribution in [2.45, 2.75) is 25.7 Å². The zero-order chi connectivity index (χ0) is 32.7. The molecule has 0 bridgehead atoms. The third-order valence-corrected chi connectivity index (χ3v) is 12.5. The molecule has 8 nitrogen and oxygen atoms in total. The molecule has 1 N–H and O–H groups in total. The summed E-state index contributed by atoms with van der Waals surface area (Å²) in [6, 6.07) is 17.6. The van der Waals surface area contributed by atoms with E-state index in [-0.39, 0.29) is 41.5 Å². The van der Waals surface area contributed by atoms with Crippen LogP contribution in [0.5, 0.6) is 11.5 Å². The molecule has 6 atom stereocenters. The smallest absolute Gasteiger partial charge is 0.241 e. The largest absolute Gasteiger partial charge is 0.503 e. The van der Waals surface area contributed by atoms with Crippen molar-refractivity contribution in [2.75, 3.05) is 16.9 Å². The molecule has 2 saturated heterocycles. The fraction of sp³-hybridized carbons (Fsp3) is 0.278. The predicted octanol–water partition coefficient (Wildman–Crippen LogP) is 7.00. The van der Waals surface area contributed by atoms with Gasteiger partial charge in [0.05, 0.1) is 46.1 Å². The number of benzene rings is 3. The van der Waals surface area contributed by atoms with Crippen LogP contribution in [0, 0.1) is 29.1 Å². The van der Waals surface area contributed by atoms with E-state index >= 15 is 0 Å². The molecule has 0 spiro atoms. The van der Waals surface area contributed by atoms with E-state index in [4.69, 9.17) is 4.74 Å². The molecule has 0 unspecified atom stereocenters. The quantitative estimate of drug-likeness (QED) is 0.223. The number of hydrogen-bond donors (Lipinski definition) is 1. The van der Waals surface area contributed by atoms with Crippen LogP contribution in [0.25, 0.3) is 6.08 Å². The second-order valence-electron chi connectivity index (χ2n) is 12.4. The van der Waals surface area contributed by atoms with E-state index in [0.717, 1.165) is 11.1 Å². The van der Waals surface area contributed by atoms with Crippen LogP contribution in [0.2, 0.25) is 0 Å². The number of carbonyl (C=O) groups is 4. The lowest BCUT2D eigenvalue weighted by Gasteiger charge is -2.49. The normalized spacial score (nSPS) is 28.5. The predicted molar refractivity (Wildman–Crippen MR) is 180 cm³/mol. The minimum Gasteiger partial charge on any atom is -0.503 e. The molecular weight excluding hydrogens is 716 g/mol. The summed E-state index contributed by atoms with van der Waals surface area (Å²) in [6.45, 7) is 5.60. The van der Waals surface area contributed by atoms with Crippen LogP contribution in [0.4, 0.5) is 11.4 Å². The fourth-order valence-electron chi connectivity index (χ4n) is 8.17. The molecule has 10 heteroatoms. The highest BCUT2D eigenvalue weighted by molar-refractivity contribution is 9.13. The van der Waals surface area contributed by atoms with E-state index in [2.05, 4.69) is 38.4 Å². The van der Waals surface area contributed by atoms with Gasteiger partial charge in [0.1, 0.15) is 0 Å². The average Bonchev–Trinajstić information content (AvgIpc) is 3.44. The van der Waals surface area contributed by atoms with Crippen LogP contribution < -0.4 is 14.5 Å². The van der Waals surface area contributed by atoms with Crippen molar-refractivity contribution >= 4 is 72.9 Å². The number of methoxy groups -OCH3 is 1. The number of ether oxygens (including phenoxy) is 1. The van der Waals surface area contributed by atoms with Crippen LogP contribution in [-0.4, -0.2) is 35.8 Å². The summed E-state index contributed by atoms with van der Waals surface area (Å²) in [5.41, 5.74) is 2.07. The molecule has 0 radical (unpaired) electrons. The number of anilines is 2. The first kappa shape index (κ1) is 30.6. The molecule has 7 rings (SSSR count). The number of fused-ring (bicyclic) bond motifs is 4. The van der Waals surface area contributed by atoms with Gasteiger partial charge in [-0.25, -0.2) is 4.90 Å². The number of aromatic hydroxyl groups is 1. The number of amides is 4. The van der Waals surface area contributed by atoms with Crippen molar-refractivity contribution in [3.05, 3.63) is 99.0 Å². The van der Waals surface area contributed by atoms with E-state index in [1.165, 1.54) is 16.9 Å². The van der Waals surface area contributed by atoms with E-state index in [1.54, 1.807) is 48.5 Å². The van der Waals surface area contributed by atoms with Crippen LogP contribution in [-0.2, 0) is 19.2 Å². The SMILES string of the molecule is C=Cc1ccc(N2C(=O)[C@H]3[C@H](CC=C4[C@H]3C[C@H]3C(=O)N(c5ccccc5)C(=O)[C@@]3(C)[C@H]4c3cc(OC)c(O)c(Br)c3Br)C2=O)cc1. The summed E-state index contributed by atoms with van der Waals surface area (Å²) in [5.74, 6) is -4.39. The monoisotopic (exact) mass is 744 g/mol. The van der Waals surface area contributed by atoms with Crippen LogP contribution in [0.15, 0.2) is 87.8 Å². The highest BCUT2D eigenvalue weighted by Crippen LogP contribution is 2.65. The Balaban J connectivity index is 1.40. The summed E-state index contributed by atoms with van der Waals surface area (Å²) in [7, 11) is 1.44. The van der Waals surface area contributed by atoms with Crippen molar-refractivity contribution in [3.8, 4) is 11.5 Å². The van der Waals surface area contributed by atoms with Crippen LogP contribution >= 0.6 is 31.9 Å². The minimum atomic E-state index is -1.24. The zero-order valence-electron chi connectivity index (χ0n) is 25.1. The van der Waals surface area contributed by atoms with E-state index in [9.17, 15) is 24.3 Å². The zero-order valence-corrected chi connectivity index (χ0v) is 28.2. The molecule has 3 aromatic rings. The minimum absolute atomic E-state index is 0.112. The van der Waals surface area contributed by atoms with Gasteiger partial charge in [-0.05, 0) is 99.0 Å². The number of hydrogen-bond acceptors (Lipinski definition) is 6. The number of allylic oxidation sites excluding steroid dienone is 2. The lowest BCUT2D eigenvalue weighted by molar-refractivity contribution is -0.131. The molecule has 46 heavy (non-hydrogen) atoms. The fourth-order valence-corrected chi connectivity index (χ4v) is 9.13. The van der Waals surface area contributed by atoms with Gasteiger partial charge in [0, 0.05) is 10.4 Å². The molecule has 3 aromatic carbocycles. The van der Waals surface area contributed by atoms with Crippen molar-refractivity contribution in [1.82, 2.24) is 0 Å². The standard InChI is InChI=1S/C36H30Br2N2O6/c1-4-18-10-12-20(13-11-18)39-32(42)22-15-14-21-23(27(22)34(39)44)16-25-33(43)40(19-8-6-5-7-9-19)35(45)36(25,2)28(21)24-17-26(46-3)31(41)30(38)29(24)37/h4-14,17,22-23,25,27-28,41H,1,15-16H2,2-3H3/t22-,23+,25-,27-,28+,36+/m0/s1. The van der Waals surface area contributed by atoms with E-state index in [0.29, 0.717) is 32.3 Å². The van der Waals surface area contributed by atoms with Crippen molar-refractivity contribution in [2.24, 2.45) is 29.1 Å². The number of carbonyl (C=O) groups excluding carboxylic acids is 4. The second-order valence-corrected chi connectivity index (χ2v) is 14.0. The Labute approximate surface area is 283 Å². The number of nitrogens with zero attached hydrogens (tertiary/aromatic N) is 2. The summed E-state index contributed by atoms with van der Waals surface area (Å²) in [6.07, 6.45) is 4.25. The highest BCUT2D eigenvalue weighted by atomic mass is 79.9. The molecule has 2 heterocycles. The summed E-state index contributed by atoms with van der Waals surface area (Å²) >= 11 is 7.13. The van der Waals surface area contributed by atoms with Gasteiger partial charge in [0.2, 0.25) is 23.6 Å². The molecule has 4 amide bonds. The maximum absolute atomic E-state index is 14.6. The number of para-hydroxylation sites is 1. The summed E-state index contributed by atoms with van der Waals surface area (Å²) in [4.78, 5) is 59.7. The van der Waals surface area contributed by atoms with Gasteiger partial charge in [-0.15, -0.1) is 0 Å². The van der Waals surface area contributed by atoms with Gasteiger partial charge in [-0.1, -0.05) is 54.6 Å². The van der Waals surface area contributed by atoms with Gasteiger partial charge in [-0.2, -0.15) is 0 Å². The number of halogens is 2. The lowest BCUT2D eigenvalue weighted by atomic mass is 9.51. The van der Waals surface area contributed by atoms with Gasteiger partial charge in [0.25, 0.3) is 0 Å². The van der Waals surface area contributed by atoms with Gasteiger partial charge >= 0.3 is 0 Å². The summed E-state index contributed by atoms with van der Waals surface area (Å²) < 4.78 is 6.37. The Morgan fingerprint density at radius 2 is 1.59 bits per heavy atom. The molecule has 0 aromatic heterocycles. The Morgan fingerprint density at radius 1 is 0.913 bits per heavy atom. The first-order valence-corrected chi connectivity index (χ1v) is 16.6. The number of phenols is 1. The van der Waals surface area contributed by atoms with Crippen molar-refractivity contribution in [3.63, 3.8) is 0 Å².